The van der Waals surface area contributed by atoms with Gasteiger partial charge in [-0.1, -0.05) is 0 Å². The zero-order valence-corrected chi connectivity index (χ0v) is 12.2. The predicted molar refractivity (Wildman–Crippen MR) is 75.8 cm³/mol. The third kappa shape index (κ3) is 3.72. The van der Waals surface area contributed by atoms with Crippen molar-refractivity contribution in [1.29, 1.82) is 0 Å². The summed E-state index contributed by atoms with van der Waals surface area (Å²) in [5.74, 6) is -0.488. The lowest BCUT2D eigenvalue weighted by atomic mass is 10.1. The van der Waals surface area contributed by atoms with Gasteiger partial charge in [0.2, 0.25) is 0 Å². The van der Waals surface area contributed by atoms with Crippen molar-refractivity contribution < 1.29 is 24.2 Å². The SMILES string of the molecule is Cc1cc(C(=O)O)cc(C)c1OCC(=O)N1CCOCC1. The molecule has 1 aliphatic rings. The van der Waals surface area contributed by atoms with Gasteiger partial charge in [0.05, 0.1) is 18.8 Å². The molecule has 6 nitrogen and oxygen atoms in total. The maximum atomic E-state index is 12.0. The molecular weight excluding hydrogens is 274 g/mol. The Morgan fingerprint density at radius 2 is 1.81 bits per heavy atom. The molecule has 1 aromatic carbocycles. The van der Waals surface area contributed by atoms with Gasteiger partial charge in [-0.2, -0.15) is 0 Å². The average molecular weight is 293 g/mol. The van der Waals surface area contributed by atoms with Crippen LogP contribution in [0.25, 0.3) is 0 Å². The second-order valence-electron chi connectivity index (χ2n) is 5.03. The first-order valence-corrected chi connectivity index (χ1v) is 6.82. The number of carbonyl (C=O) groups excluding carboxylic acids is 1. The number of hydrogen-bond donors (Lipinski definition) is 1. The number of morpholine rings is 1. The van der Waals surface area contributed by atoms with Crippen LogP contribution in [0.15, 0.2) is 12.1 Å². The maximum Gasteiger partial charge on any atom is 0.335 e. The molecule has 0 spiro atoms. The van der Waals surface area contributed by atoms with Gasteiger partial charge in [0.25, 0.3) is 5.91 Å². The number of carbonyl (C=O) groups is 2. The van der Waals surface area contributed by atoms with Gasteiger partial charge in [0, 0.05) is 13.1 Å². The summed E-state index contributed by atoms with van der Waals surface area (Å²) in [5.41, 5.74) is 1.64. The van der Waals surface area contributed by atoms with Crippen LogP contribution in [0.4, 0.5) is 0 Å². The fraction of sp³-hybridized carbons (Fsp3) is 0.467. The summed E-state index contributed by atoms with van der Waals surface area (Å²) in [6, 6.07) is 3.09. The Labute approximate surface area is 123 Å². The van der Waals surface area contributed by atoms with Gasteiger partial charge in [0.1, 0.15) is 5.75 Å². The second-order valence-corrected chi connectivity index (χ2v) is 5.03. The Kier molecular flexibility index (Phi) is 4.80. The number of aryl methyl sites for hydroxylation is 2. The van der Waals surface area contributed by atoms with E-state index in [-0.39, 0.29) is 18.1 Å². The van der Waals surface area contributed by atoms with Crippen LogP contribution in [0.5, 0.6) is 5.75 Å². The third-order valence-electron chi connectivity index (χ3n) is 3.41. The van der Waals surface area contributed by atoms with Crippen LogP contribution in [0.2, 0.25) is 0 Å². The van der Waals surface area contributed by atoms with Gasteiger partial charge >= 0.3 is 5.97 Å². The summed E-state index contributed by atoms with van der Waals surface area (Å²) in [6.07, 6.45) is 0. The fourth-order valence-corrected chi connectivity index (χ4v) is 2.34. The Bertz CT molecular complexity index is 526. The molecule has 2 rings (SSSR count). The highest BCUT2D eigenvalue weighted by atomic mass is 16.5. The molecule has 1 fully saturated rings. The summed E-state index contributed by atoms with van der Waals surface area (Å²) >= 11 is 0. The number of nitrogens with zero attached hydrogens (tertiary/aromatic N) is 1. The van der Waals surface area contributed by atoms with E-state index in [0.717, 1.165) is 0 Å². The van der Waals surface area contributed by atoms with Crippen molar-refractivity contribution in [3.8, 4) is 5.75 Å². The molecule has 21 heavy (non-hydrogen) atoms. The lowest BCUT2D eigenvalue weighted by Crippen LogP contribution is -2.43. The van der Waals surface area contributed by atoms with Crippen molar-refractivity contribution >= 4 is 11.9 Å². The molecule has 1 amide bonds. The average Bonchev–Trinajstić information content (AvgIpc) is 2.46. The molecule has 0 radical (unpaired) electrons. The first kappa shape index (κ1) is 15.3. The van der Waals surface area contributed by atoms with Gasteiger partial charge in [0.15, 0.2) is 6.61 Å². The monoisotopic (exact) mass is 293 g/mol. The summed E-state index contributed by atoms with van der Waals surface area (Å²) in [6.45, 7) is 5.76. The standard InChI is InChI=1S/C15H19NO5/c1-10-7-12(15(18)19)8-11(2)14(10)21-9-13(17)16-3-5-20-6-4-16/h7-8H,3-6,9H2,1-2H3,(H,18,19). The van der Waals surface area contributed by atoms with E-state index >= 15 is 0 Å². The molecule has 0 aromatic heterocycles. The molecule has 0 atom stereocenters. The second kappa shape index (κ2) is 6.58. The molecule has 0 unspecified atom stereocenters. The number of rotatable bonds is 4. The topological polar surface area (TPSA) is 76.1 Å². The molecule has 1 aromatic rings. The Balaban J connectivity index is 2.02. The minimum atomic E-state index is -0.975. The summed E-state index contributed by atoms with van der Waals surface area (Å²) in [5, 5.41) is 9.00. The van der Waals surface area contributed by atoms with Gasteiger partial charge in [-0.3, -0.25) is 4.79 Å². The number of benzene rings is 1. The maximum absolute atomic E-state index is 12.0. The Hall–Kier alpha value is -2.08. The molecule has 1 saturated heterocycles. The molecule has 1 heterocycles. The minimum Gasteiger partial charge on any atom is -0.483 e. The fourth-order valence-electron chi connectivity index (χ4n) is 2.34. The van der Waals surface area contributed by atoms with Crippen LogP contribution in [-0.2, 0) is 9.53 Å². The predicted octanol–water partition coefficient (Wildman–Crippen LogP) is 1.24. The third-order valence-corrected chi connectivity index (χ3v) is 3.41. The molecule has 114 valence electrons. The van der Waals surface area contributed by atoms with E-state index in [2.05, 4.69) is 0 Å². The molecule has 0 bridgehead atoms. The first-order valence-electron chi connectivity index (χ1n) is 6.82. The van der Waals surface area contributed by atoms with Crippen molar-refractivity contribution in [2.24, 2.45) is 0 Å². The zero-order chi connectivity index (χ0) is 15.4. The molecular formula is C15H19NO5. The van der Waals surface area contributed by atoms with Crippen LogP contribution in [0, 0.1) is 13.8 Å². The molecule has 0 saturated carbocycles. The quantitative estimate of drug-likeness (QED) is 0.904. The van der Waals surface area contributed by atoms with E-state index < -0.39 is 5.97 Å². The Morgan fingerprint density at radius 1 is 1.24 bits per heavy atom. The van der Waals surface area contributed by atoms with Gasteiger partial charge < -0.3 is 19.5 Å². The number of carboxylic acids is 1. The van der Waals surface area contributed by atoms with Crippen molar-refractivity contribution in [2.45, 2.75) is 13.8 Å². The lowest BCUT2D eigenvalue weighted by Gasteiger charge is -2.27. The lowest BCUT2D eigenvalue weighted by molar-refractivity contribution is -0.137. The van der Waals surface area contributed by atoms with Crippen molar-refractivity contribution in [2.75, 3.05) is 32.9 Å². The van der Waals surface area contributed by atoms with Crippen molar-refractivity contribution in [3.63, 3.8) is 0 Å². The highest BCUT2D eigenvalue weighted by molar-refractivity contribution is 5.88. The van der Waals surface area contributed by atoms with Crippen LogP contribution in [0.1, 0.15) is 21.5 Å². The highest BCUT2D eigenvalue weighted by Gasteiger charge is 2.18. The summed E-state index contributed by atoms with van der Waals surface area (Å²) in [4.78, 5) is 24.7. The number of carboxylic acid groups (broad SMARTS) is 1. The minimum absolute atomic E-state index is 0.0475. The van der Waals surface area contributed by atoms with Crippen LogP contribution >= 0.6 is 0 Å². The van der Waals surface area contributed by atoms with Gasteiger partial charge in [-0.05, 0) is 37.1 Å². The van der Waals surface area contributed by atoms with Crippen LogP contribution in [0.3, 0.4) is 0 Å². The van der Waals surface area contributed by atoms with Crippen molar-refractivity contribution in [1.82, 2.24) is 4.90 Å². The highest BCUT2D eigenvalue weighted by Crippen LogP contribution is 2.25. The molecule has 1 N–H and O–H groups in total. The zero-order valence-electron chi connectivity index (χ0n) is 12.2. The summed E-state index contributed by atoms with van der Waals surface area (Å²) in [7, 11) is 0. The number of aromatic carboxylic acids is 1. The van der Waals surface area contributed by atoms with E-state index in [4.69, 9.17) is 14.6 Å². The van der Waals surface area contributed by atoms with Crippen LogP contribution in [-0.4, -0.2) is 54.8 Å². The van der Waals surface area contributed by atoms with Gasteiger partial charge in [-0.25, -0.2) is 4.79 Å². The Morgan fingerprint density at radius 3 is 2.33 bits per heavy atom. The van der Waals surface area contributed by atoms with E-state index in [1.54, 1.807) is 30.9 Å². The summed E-state index contributed by atoms with van der Waals surface area (Å²) < 4.78 is 10.8. The molecule has 6 heteroatoms. The smallest absolute Gasteiger partial charge is 0.335 e. The van der Waals surface area contributed by atoms with Crippen LogP contribution < -0.4 is 4.74 Å². The van der Waals surface area contributed by atoms with Crippen molar-refractivity contribution in [3.05, 3.63) is 28.8 Å². The molecule has 1 aliphatic heterocycles. The normalized spacial score (nSPS) is 14.9. The number of hydrogen-bond acceptors (Lipinski definition) is 4. The number of ether oxygens (including phenoxy) is 2. The largest absolute Gasteiger partial charge is 0.483 e. The van der Waals surface area contributed by atoms with E-state index in [0.29, 0.717) is 43.2 Å². The van der Waals surface area contributed by atoms with E-state index in [9.17, 15) is 9.59 Å². The van der Waals surface area contributed by atoms with E-state index in [1.807, 2.05) is 0 Å². The number of amides is 1. The molecule has 0 aliphatic carbocycles. The first-order chi connectivity index (χ1) is 9.99. The van der Waals surface area contributed by atoms with E-state index in [1.165, 1.54) is 0 Å². The van der Waals surface area contributed by atoms with Gasteiger partial charge in [-0.15, -0.1) is 0 Å².